The van der Waals surface area contributed by atoms with Crippen LogP contribution in [0.4, 0.5) is 0 Å². The molecule has 1 fully saturated rings. The predicted octanol–water partition coefficient (Wildman–Crippen LogP) is 2.63. The third-order valence-electron chi connectivity index (χ3n) is 3.61. The largest absolute Gasteiger partial charge is 0.341 e. The van der Waals surface area contributed by atoms with Gasteiger partial charge in [0, 0.05) is 30.1 Å². The predicted molar refractivity (Wildman–Crippen MR) is 84.5 cm³/mol. The van der Waals surface area contributed by atoms with E-state index in [0.717, 1.165) is 42.2 Å². The zero-order valence-electron chi connectivity index (χ0n) is 11.6. The lowest BCUT2D eigenvalue weighted by atomic mass is 10.2. The van der Waals surface area contributed by atoms with Crippen molar-refractivity contribution in [2.75, 3.05) is 19.6 Å². The molecule has 2 heterocycles. The minimum Gasteiger partial charge on any atom is -0.341 e. The van der Waals surface area contributed by atoms with Crippen molar-refractivity contribution in [3.8, 4) is 11.3 Å². The molecule has 106 valence electrons. The van der Waals surface area contributed by atoms with Crippen molar-refractivity contribution >= 4 is 15.9 Å². The Kier molecular flexibility index (Phi) is 4.19. The number of hydrogen-bond acceptors (Lipinski definition) is 3. The van der Waals surface area contributed by atoms with E-state index in [1.165, 1.54) is 5.56 Å². The van der Waals surface area contributed by atoms with Crippen LogP contribution in [0.1, 0.15) is 12.7 Å². The highest BCUT2D eigenvalue weighted by Gasteiger charge is 2.16. The van der Waals surface area contributed by atoms with Crippen LogP contribution in [-0.4, -0.2) is 40.5 Å². The van der Waals surface area contributed by atoms with E-state index in [1.54, 1.807) is 0 Å². The first-order valence-corrected chi connectivity index (χ1v) is 7.75. The summed E-state index contributed by atoms with van der Waals surface area (Å²) < 4.78 is 1.09. The molecule has 1 aliphatic rings. The molecule has 0 bridgehead atoms. The van der Waals surface area contributed by atoms with Gasteiger partial charge in [-0.05, 0) is 24.6 Å². The number of piperazine rings is 1. The molecule has 1 aromatic carbocycles. The molecular formula is C15H19BrN4. The molecule has 0 saturated carbocycles. The Balaban J connectivity index is 1.69. The third kappa shape index (κ3) is 3.29. The summed E-state index contributed by atoms with van der Waals surface area (Å²) in [4.78, 5) is 10.4. The first-order chi connectivity index (χ1) is 9.70. The van der Waals surface area contributed by atoms with Crippen molar-refractivity contribution < 1.29 is 0 Å². The highest BCUT2D eigenvalue weighted by molar-refractivity contribution is 9.10. The summed E-state index contributed by atoms with van der Waals surface area (Å²) in [6.07, 6.45) is 1.92. The second kappa shape index (κ2) is 6.08. The Morgan fingerprint density at radius 2 is 2.15 bits per heavy atom. The van der Waals surface area contributed by atoms with Gasteiger partial charge < -0.3 is 10.3 Å². The van der Waals surface area contributed by atoms with Crippen molar-refractivity contribution in [2.24, 2.45) is 0 Å². The van der Waals surface area contributed by atoms with Crippen molar-refractivity contribution in [3.63, 3.8) is 0 Å². The molecule has 0 aliphatic carbocycles. The average Bonchev–Trinajstić information content (AvgIpc) is 2.88. The number of halogens is 1. The van der Waals surface area contributed by atoms with Crippen molar-refractivity contribution in [2.45, 2.75) is 19.5 Å². The fraction of sp³-hybridized carbons (Fsp3) is 0.400. The zero-order valence-corrected chi connectivity index (χ0v) is 13.2. The summed E-state index contributed by atoms with van der Waals surface area (Å²) in [5, 5.41) is 3.46. The molecule has 5 heteroatoms. The van der Waals surface area contributed by atoms with Crippen LogP contribution in [-0.2, 0) is 6.54 Å². The molecule has 2 aromatic rings. The second-order valence-corrected chi connectivity index (χ2v) is 6.26. The van der Waals surface area contributed by atoms with E-state index in [2.05, 4.69) is 55.2 Å². The number of rotatable bonds is 3. The Hall–Kier alpha value is -1.17. The lowest BCUT2D eigenvalue weighted by molar-refractivity contribution is 0.196. The van der Waals surface area contributed by atoms with E-state index in [4.69, 9.17) is 0 Å². The van der Waals surface area contributed by atoms with Crippen LogP contribution in [0.5, 0.6) is 0 Å². The molecule has 1 aliphatic heterocycles. The Morgan fingerprint density at radius 3 is 2.90 bits per heavy atom. The van der Waals surface area contributed by atoms with Crippen LogP contribution in [0, 0.1) is 0 Å². The SMILES string of the molecule is CC1CN(Cc2ncc(-c3ccc(Br)cc3)[nH]2)CCN1. The van der Waals surface area contributed by atoms with Gasteiger partial charge >= 0.3 is 0 Å². The van der Waals surface area contributed by atoms with Crippen molar-refractivity contribution in [1.82, 2.24) is 20.2 Å². The lowest BCUT2D eigenvalue weighted by Gasteiger charge is -2.31. The molecule has 20 heavy (non-hydrogen) atoms. The van der Waals surface area contributed by atoms with Gasteiger partial charge in [-0.15, -0.1) is 0 Å². The quantitative estimate of drug-likeness (QED) is 0.906. The first-order valence-electron chi connectivity index (χ1n) is 6.96. The van der Waals surface area contributed by atoms with Crippen LogP contribution in [0.3, 0.4) is 0 Å². The Bertz CT molecular complexity index is 564. The zero-order chi connectivity index (χ0) is 13.9. The number of H-pyrrole nitrogens is 1. The standard InChI is InChI=1S/C15H19BrN4/c1-11-9-20(7-6-17-11)10-15-18-8-14(19-15)12-2-4-13(16)5-3-12/h2-5,8,11,17H,6-7,9-10H2,1H3,(H,18,19). The van der Waals surface area contributed by atoms with Gasteiger partial charge in [-0.1, -0.05) is 28.1 Å². The summed E-state index contributed by atoms with van der Waals surface area (Å²) >= 11 is 3.46. The van der Waals surface area contributed by atoms with Gasteiger partial charge in [-0.25, -0.2) is 4.98 Å². The summed E-state index contributed by atoms with van der Waals surface area (Å²) in [6, 6.07) is 8.84. The van der Waals surface area contributed by atoms with Gasteiger partial charge in [-0.2, -0.15) is 0 Å². The molecule has 1 unspecified atom stereocenters. The number of hydrogen-bond donors (Lipinski definition) is 2. The van der Waals surface area contributed by atoms with E-state index in [-0.39, 0.29) is 0 Å². The number of aromatic amines is 1. The summed E-state index contributed by atoms with van der Waals surface area (Å²) in [5.41, 5.74) is 2.25. The van der Waals surface area contributed by atoms with Gasteiger partial charge in [0.1, 0.15) is 5.82 Å². The van der Waals surface area contributed by atoms with E-state index in [0.29, 0.717) is 6.04 Å². The van der Waals surface area contributed by atoms with Crippen molar-refractivity contribution in [1.29, 1.82) is 0 Å². The van der Waals surface area contributed by atoms with Gasteiger partial charge in [0.25, 0.3) is 0 Å². The van der Waals surface area contributed by atoms with E-state index in [9.17, 15) is 0 Å². The smallest absolute Gasteiger partial charge is 0.120 e. The minimum absolute atomic E-state index is 0.560. The summed E-state index contributed by atoms with van der Waals surface area (Å²) in [6.45, 7) is 6.33. The molecule has 4 nitrogen and oxygen atoms in total. The van der Waals surface area contributed by atoms with Gasteiger partial charge in [-0.3, -0.25) is 4.90 Å². The molecular weight excluding hydrogens is 316 g/mol. The first kappa shape index (κ1) is 13.8. The van der Waals surface area contributed by atoms with E-state index < -0.39 is 0 Å². The maximum absolute atomic E-state index is 4.50. The van der Waals surface area contributed by atoms with Gasteiger partial charge in [0.05, 0.1) is 18.4 Å². The lowest BCUT2D eigenvalue weighted by Crippen LogP contribution is -2.48. The minimum atomic E-state index is 0.560. The third-order valence-corrected chi connectivity index (χ3v) is 4.14. The number of nitrogens with zero attached hydrogens (tertiary/aromatic N) is 2. The van der Waals surface area contributed by atoms with Crippen LogP contribution in [0.25, 0.3) is 11.3 Å². The fourth-order valence-electron chi connectivity index (χ4n) is 2.59. The van der Waals surface area contributed by atoms with Gasteiger partial charge in [0.2, 0.25) is 0 Å². The normalized spacial score (nSPS) is 20.2. The van der Waals surface area contributed by atoms with Gasteiger partial charge in [0.15, 0.2) is 0 Å². The maximum Gasteiger partial charge on any atom is 0.120 e. The highest BCUT2D eigenvalue weighted by Crippen LogP contribution is 2.20. The van der Waals surface area contributed by atoms with E-state index in [1.807, 2.05) is 18.3 Å². The maximum atomic E-state index is 4.50. The molecule has 1 atom stereocenters. The van der Waals surface area contributed by atoms with Crippen molar-refractivity contribution in [3.05, 3.63) is 40.8 Å². The highest BCUT2D eigenvalue weighted by atomic mass is 79.9. The molecule has 0 spiro atoms. The van der Waals surface area contributed by atoms with E-state index >= 15 is 0 Å². The Labute approximate surface area is 127 Å². The number of benzene rings is 1. The summed E-state index contributed by atoms with van der Waals surface area (Å²) in [7, 11) is 0. The molecule has 3 rings (SSSR count). The van der Waals surface area contributed by atoms with Crippen LogP contribution >= 0.6 is 15.9 Å². The molecule has 2 N–H and O–H groups in total. The number of imidazole rings is 1. The van der Waals surface area contributed by atoms with Crippen LogP contribution in [0.15, 0.2) is 34.9 Å². The number of nitrogens with one attached hydrogen (secondary N) is 2. The molecule has 1 saturated heterocycles. The molecule has 1 aromatic heterocycles. The second-order valence-electron chi connectivity index (χ2n) is 5.34. The fourth-order valence-corrected chi connectivity index (χ4v) is 2.85. The van der Waals surface area contributed by atoms with Crippen LogP contribution in [0.2, 0.25) is 0 Å². The summed E-state index contributed by atoms with van der Waals surface area (Å²) in [5.74, 6) is 1.04. The topological polar surface area (TPSA) is 44.0 Å². The monoisotopic (exact) mass is 334 g/mol. The number of aromatic nitrogens is 2. The van der Waals surface area contributed by atoms with Crippen LogP contribution < -0.4 is 5.32 Å². The molecule has 0 amide bonds. The molecule has 0 radical (unpaired) electrons. The Morgan fingerprint density at radius 1 is 1.35 bits per heavy atom. The average molecular weight is 335 g/mol.